The summed E-state index contributed by atoms with van der Waals surface area (Å²) in [6.07, 6.45) is -0.325. The maximum absolute atomic E-state index is 12.9. The predicted molar refractivity (Wildman–Crippen MR) is 130 cm³/mol. The van der Waals surface area contributed by atoms with Crippen LogP contribution in [0.25, 0.3) is 11.1 Å². The second-order valence-corrected chi connectivity index (χ2v) is 8.98. The van der Waals surface area contributed by atoms with E-state index in [9.17, 15) is 19.5 Å². The second kappa shape index (κ2) is 10.0. The number of nitrogens with zero attached hydrogens (tertiary/aromatic N) is 2. The number of ether oxygens (including phenoxy) is 1. The lowest BCUT2D eigenvalue weighted by molar-refractivity contribution is -0.118. The third-order valence-electron chi connectivity index (χ3n) is 6.01. The van der Waals surface area contributed by atoms with Crippen LogP contribution in [-0.4, -0.2) is 45.5 Å². The minimum Gasteiger partial charge on any atom is -0.477 e. The molecule has 4 rings (SSSR count). The number of fused-ring (bicyclic) bond motifs is 3. The van der Waals surface area contributed by atoms with Crippen LogP contribution in [-0.2, 0) is 16.6 Å². The van der Waals surface area contributed by atoms with Crippen LogP contribution in [0.4, 0.5) is 10.6 Å². The Bertz CT molecular complexity index is 1220. The van der Waals surface area contributed by atoms with E-state index in [1.807, 2.05) is 50.2 Å². The Labute approximate surface area is 203 Å². The van der Waals surface area contributed by atoms with Crippen molar-refractivity contribution in [3.05, 3.63) is 71.4 Å². The lowest BCUT2D eigenvalue weighted by atomic mass is 9.98. The zero-order valence-electron chi connectivity index (χ0n) is 19.8. The standard InChI is InChI=1S/C26H28N4O5/c1-15(2)12-21(24(31)28-23-13-22(25(32)33)30(3)29-23)27-26(34)35-14-20-18-10-6-4-8-16(18)17-9-5-7-11-19(17)20/h4-11,13,15,20-21H,12,14H2,1-3H3,(H,27,34)(H,32,33)(H,28,29,31)/t21-/m0/s1. The third-order valence-corrected chi connectivity index (χ3v) is 6.01. The van der Waals surface area contributed by atoms with Crippen molar-refractivity contribution in [3.63, 3.8) is 0 Å². The molecule has 9 heteroatoms. The molecule has 0 spiro atoms. The van der Waals surface area contributed by atoms with Crippen molar-refractivity contribution in [2.75, 3.05) is 11.9 Å². The number of carbonyl (C=O) groups is 3. The van der Waals surface area contributed by atoms with Crippen molar-refractivity contribution >= 4 is 23.8 Å². The Kier molecular flexibility index (Phi) is 6.86. The molecule has 0 saturated carbocycles. The third kappa shape index (κ3) is 5.18. The number of benzene rings is 2. The number of carboxylic acids is 1. The SMILES string of the molecule is CC(C)C[C@H](NC(=O)OCC1c2ccccc2-c2ccccc21)C(=O)Nc1cc(C(=O)O)n(C)n1. The highest BCUT2D eigenvalue weighted by Crippen LogP contribution is 2.44. The molecule has 2 aromatic carbocycles. The number of amides is 2. The summed E-state index contributed by atoms with van der Waals surface area (Å²) in [6.45, 7) is 4.00. The summed E-state index contributed by atoms with van der Waals surface area (Å²) in [5.41, 5.74) is 4.39. The quantitative estimate of drug-likeness (QED) is 0.452. The van der Waals surface area contributed by atoms with Crippen LogP contribution in [0.2, 0.25) is 0 Å². The van der Waals surface area contributed by atoms with Gasteiger partial charge in [0, 0.05) is 19.0 Å². The van der Waals surface area contributed by atoms with Gasteiger partial charge in [-0.2, -0.15) is 5.10 Å². The summed E-state index contributed by atoms with van der Waals surface area (Å²) in [6, 6.07) is 16.5. The first-order valence-corrected chi connectivity index (χ1v) is 11.4. The molecule has 0 saturated heterocycles. The number of nitrogens with one attached hydrogen (secondary N) is 2. The molecule has 1 heterocycles. The van der Waals surface area contributed by atoms with E-state index in [0.29, 0.717) is 6.42 Å². The molecule has 1 aromatic heterocycles. The van der Waals surface area contributed by atoms with Crippen molar-refractivity contribution in [2.24, 2.45) is 13.0 Å². The number of hydrogen-bond donors (Lipinski definition) is 3. The summed E-state index contributed by atoms with van der Waals surface area (Å²) in [5, 5.41) is 18.4. The average Bonchev–Trinajstić information content (AvgIpc) is 3.34. The van der Waals surface area contributed by atoms with Crippen LogP contribution in [0.15, 0.2) is 54.6 Å². The summed E-state index contributed by atoms with van der Waals surface area (Å²) in [7, 11) is 1.47. The van der Waals surface area contributed by atoms with E-state index in [0.717, 1.165) is 26.9 Å². The number of alkyl carbamates (subject to hydrolysis) is 1. The Morgan fingerprint density at radius 1 is 1.06 bits per heavy atom. The Morgan fingerprint density at radius 3 is 2.20 bits per heavy atom. The smallest absolute Gasteiger partial charge is 0.407 e. The summed E-state index contributed by atoms with van der Waals surface area (Å²) >= 11 is 0. The van der Waals surface area contributed by atoms with Crippen molar-refractivity contribution in [2.45, 2.75) is 32.2 Å². The minimum absolute atomic E-state index is 0.0646. The Hall–Kier alpha value is -4.14. The van der Waals surface area contributed by atoms with Gasteiger partial charge in [0.15, 0.2) is 5.82 Å². The average molecular weight is 477 g/mol. The molecule has 0 unspecified atom stereocenters. The number of hydrogen-bond acceptors (Lipinski definition) is 5. The number of aryl methyl sites for hydroxylation is 1. The van der Waals surface area contributed by atoms with Gasteiger partial charge in [-0.05, 0) is 34.6 Å². The van der Waals surface area contributed by atoms with Gasteiger partial charge in [-0.15, -0.1) is 0 Å². The number of rotatable bonds is 8. The Morgan fingerprint density at radius 2 is 1.66 bits per heavy atom. The van der Waals surface area contributed by atoms with Crippen LogP contribution >= 0.6 is 0 Å². The van der Waals surface area contributed by atoms with Crippen LogP contribution in [0.3, 0.4) is 0 Å². The topological polar surface area (TPSA) is 123 Å². The molecule has 0 bridgehead atoms. The molecule has 182 valence electrons. The maximum Gasteiger partial charge on any atom is 0.407 e. The van der Waals surface area contributed by atoms with Gasteiger partial charge in [0.25, 0.3) is 0 Å². The number of aromatic nitrogens is 2. The fourth-order valence-corrected chi connectivity index (χ4v) is 4.43. The van der Waals surface area contributed by atoms with Crippen LogP contribution in [0.5, 0.6) is 0 Å². The fraction of sp³-hybridized carbons (Fsp3) is 0.308. The zero-order chi connectivity index (χ0) is 25.1. The Balaban J connectivity index is 1.42. The first kappa shape index (κ1) is 24.0. The minimum atomic E-state index is -1.16. The van der Waals surface area contributed by atoms with E-state index >= 15 is 0 Å². The lowest BCUT2D eigenvalue weighted by Gasteiger charge is -2.20. The summed E-state index contributed by atoms with van der Waals surface area (Å²) in [5.74, 6) is -1.54. The summed E-state index contributed by atoms with van der Waals surface area (Å²) < 4.78 is 6.74. The van der Waals surface area contributed by atoms with E-state index in [4.69, 9.17) is 4.74 Å². The molecular formula is C26H28N4O5. The van der Waals surface area contributed by atoms with Gasteiger partial charge in [-0.25, -0.2) is 9.59 Å². The molecule has 1 aliphatic carbocycles. The van der Waals surface area contributed by atoms with E-state index < -0.39 is 24.0 Å². The van der Waals surface area contributed by atoms with Crippen LogP contribution < -0.4 is 10.6 Å². The molecule has 9 nitrogen and oxygen atoms in total. The van der Waals surface area contributed by atoms with Crippen LogP contribution in [0, 0.1) is 5.92 Å². The zero-order valence-corrected chi connectivity index (χ0v) is 19.8. The largest absolute Gasteiger partial charge is 0.477 e. The van der Waals surface area contributed by atoms with E-state index in [1.165, 1.54) is 13.1 Å². The van der Waals surface area contributed by atoms with Crippen molar-refractivity contribution in [1.29, 1.82) is 0 Å². The molecule has 1 atom stereocenters. The molecule has 35 heavy (non-hydrogen) atoms. The van der Waals surface area contributed by atoms with E-state index in [1.54, 1.807) is 0 Å². The molecule has 2 amide bonds. The van der Waals surface area contributed by atoms with Gasteiger partial charge in [-0.3, -0.25) is 9.48 Å². The number of carbonyl (C=O) groups excluding carboxylic acids is 2. The monoisotopic (exact) mass is 476 g/mol. The van der Waals surface area contributed by atoms with Gasteiger partial charge in [-0.1, -0.05) is 62.4 Å². The normalized spacial score (nSPS) is 13.1. The molecular weight excluding hydrogens is 448 g/mol. The lowest BCUT2D eigenvalue weighted by Crippen LogP contribution is -2.45. The molecule has 0 radical (unpaired) electrons. The first-order valence-electron chi connectivity index (χ1n) is 11.4. The van der Waals surface area contributed by atoms with Gasteiger partial charge in [0.1, 0.15) is 18.3 Å². The van der Waals surface area contributed by atoms with Gasteiger partial charge in [0.2, 0.25) is 5.91 Å². The van der Waals surface area contributed by atoms with Crippen molar-refractivity contribution in [1.82, 2.24) is 15.1 Å². The highest BCUT2D eigenvalue weighted by Gasteiger charge is 2.30. The molecule has 0 aliphatic heterocycles. The molecule has 3 N–H and O–H groups in total. The van der Waals surface area contributed by atoms with Crippen molar-refractivity contribution in [3.8, 4) is 11.1 Å². The number of carboxylic acid groups (broad SMARTS) is 1. The molecule has 1 aliphatic rings. The molecule has 3 aromatic rings. The fourth-order valence-electron chi connectivity index (χ4n) is 4.43. The van der Waals surface area contributed by atoms with Gasteiger partial charge in [0.05, 0.1) is 0 Å². The van der Waals surface area contributed by atoms with E-state index in [2.05, 4.69) is 27.9 Å². The first-order chi connectivity index (χ1) is 16.7. The maximum atomic E-state index is 12.9. The molecule has 0 fully saturated rings. The van der Waals surface area contributed by atoms with Crippen molar-refractivity contribution < 1.29 is 24.2 Å². The van der Waals surface area contributed by atoms with Crippen LogP contribution in [0.1, 0.15) is 47.8 Å². The van der Waals surface area contributed by atoms with E-state index in [-0.39, 0.29) is 30.0 Å². The predicted octanol–water partition coefficient (Wildman–Crippen LogP) is 4.01. The number of anilines is 1. The highest BCUT2D eigenvalue weighted by atomic mass is 16.5. The van der Waals surface area contributed by atoms with Gasteiger partial charge < -0.3 is 20.5 Å². The van der Waals surface area contributed by atoms with Gasteiger partial charge >= 0.3 is 12.1 Å². The summed E-state index contributed by atoms with van der Waals surface area (Å²) in [4.78, 5) is 36.8. The highest BCUT2D eigenvalue weighted by molar-refractivity contribution is 5.97. The second-order valence-electron chi connectivity index (χ2n) is 8.98. The number of aromatic carboxylic acids is 1.